The Balaban J connectivity index is 1.64. The monoisotopic (exact) mass is 507 g/mol. The van der Waals surface area contributed by atoms with Crippen LogP contribution in [0.15, 0.2) is 0 Å². The standard InChI is InChI=1S/C33H66N2O/c1-5-9-11-13-15-18-32(19-16-14-12-10-6-2)35-26-20-31(21-27-35)29-36-33-22-24-34(25-23-33)28-30(8-4)17-7-3/h30-33H,5-29H2,1-4H3. The van der Waals surface area contributed by atoms with Gasteiger partial charge in [-0.25, -0.2) is 0 Å². The summed E-state index contributed by atoms with van der Waals surface area (Å²) in [5.41, 5.74) is 0. The second-order valence-corrected chi connectivity index (χ2v) is 12.4. The van der Waals surface area contributed by atoms with Crippen LogP contribution in [0.2, 0.25) is 0 Å². The summed E-state index contributed by atoms with van der Waals surface area (Å²) in [7, 11) is 0. The van der Waals surface area contributed by atoms with Crippen LogP contribution in [0.3, 0.4) is 0 Å². The molecule has 2 saturated heterocycles. The molecule has 1 atom stereocenters. The van der Waals surface area contributed by atoms with Crippen LogP contribution < -0.4 is 0 Å². The Bertz CT molecular complexity index is 468. The van der Waals surface area contributed by atoms with Crippen molar-refractivity contribution >= 4 is 0 Å². The van der Waals surface area contributed by atoms with Gasteiger partial charge in [0.15, 0.2) is 0 Å². The first-order valence-corrected chi connectivity index (χ1v) is 16.8. The van der Waals surface area contributed by atoms with Gasteiger partial charge >= 0.3 is 0 Å². The Morgan fingerprint density at radius 3 is 1.75 bits per heavy atom. The van der Waals surface area contributed by atoms with Gasteiger partial charge in [-0.05, 0) is 69.9 Å². The Morgan fingerprint density at radius 2 is 1.22 bits per heavy atom. The van der Waals surface area contributed by atoms with Crippen LogP contribution in [0.1, 0.15) is 150 Å². The van der Waals surface area contributed by atoms with Crippen molar-refractivity contribution in [2.75, 3.05) is 39.3 Å². The smallest absolute Gasteiger partial charge is 0.0599 e. The van der Waals surface area contributed by atoms with E-state index in [9.17, 15) is 0 Å². The molecular weight excluding hydrogens is 440 g/mol. The molecule has 36 heavy (non-hydrogen) atoms. The third kappa shape index (κ3) is 13.6. The molecule has 0 amide bonds. The lowest BCUT2D eigenvalue weighted by Crippen LogP contribution is -2.43. The highest BCUT2D eigenvalue weighted by Gasteiger charge is 2.27. The van der Waals surface area contributed by atoms with Crippen LogP contribution >= 0.6 is 0 Å². The second-order valence-electron chi connectivity index (χ2n) is 12.4. The van der Waals surface area contributed by atoms with E-state index in [0.717, 1.165) is 24.5 Å². The minimum Gasteiger partial charge on any atom is -0.378 e. The molecule has 0 bridgehead atoms. The van der Waals surface area contributed by atoms with Gasteiger partial charge in [-0.15, -0.1) is 0 Å². The van der Waals surface area contributed by atoms with Crippen molar-refractivity contribution in [3.8, 4) is 0 Å². The molecule has 3 nitrogen and oxygen atoms in total. The highest BCUT2D eigenvalue weighted by atomic mass is 16.5. The zero-order valence-electron chi connectivity index (χ0n) is 25.3. The summed E-state index contributed by atoms with van der Waals surface area (Å²) in [6, 6.07) is 0.846. The number of hydrogen-bond donors (Lipinski definition) is 0. The van der Waals surface area contributed by atoms with Crippen LogP contribution in [0.5, 0.6) is 0 Å². The van der Waals surface area contributed by atoms with Crippen molar-refractivity contribution in [1.82, 2.24) is 9.80 Å². The predicted molar refractivity (Wildman–Crippen MR) is 159 cm³/mol. The molecule has 1 unspecified atom stereocenters. The molecule has 0 aromatic rings. The summed E-state index contributed by atoms with van der Waals surface area (Å²) >= 11 is 0. The van der Waals surface area contributed by atoms with Crippen molar-refractivity contribution in [3.63, 3.8) is 0 Å². The summed E-state index contributed by atoms with van der Waals surface area (Å²) in [6.07, 6.45) is 26.9. The van der Waals surface area contributed by atoms with E-state index in [1.807, 2.05) is 0 Å². The van der Waals surface area contributed by atoms with E-state index in [0.29, 0.717) is 6.10 Å². The average molecular weight is 507 g/mol. The number of ether oxygens (including phenoxy) is 1. The Labute approximate surface area is 227 Å². The summed E-state index contributed by atoms with van der Waals surface area (Å²) in [5.74, 6) is 1.69. The van der Waals surface area contributed by atoms with Crippen molar-refractivity contribution in [1.29, 1.82) is 0 Å². The quantitative estimate of drug-likeness (QED) is 0.144. The number of rotatable bonds is 21. The molecule has 2 aliphatic rings. The number of nitrogens with zero attached hydrogens (tertiary/aromatic N) is 2. The molecule has 0 radical (unpaired) electrons. The van der Waals surface area contributed by atoms with E-state index >= 15 is 0 Å². The fourth-order valence-corrected chi connectivity index (χ4v) is 6.69. The van der Waals surface area contributed by atoms with Gasteiger partial charge in [0, 0.05) is 32.3 Å². The van der Waals surface area contributed by atoms with Gasteiger partial charge in [0.2, 0.25) is 0 Å². The molecule has 0 aromatic heterocycles. The molecule has 2 rings (SSSR count). The highest BCUT2D eigenvalue weighted by Crippen LogP contribution is 2.26. The van der Waals surface area contributed by atoms with Gasteiger partial charge in [0.25, 0.3) is 0 Å². The lowest BCUT2D eigenvalue weighted by atomic mass is 9.93. The summed E-state index contributed by atoms with van der Waals surface area (Å²) in [4.78, 5) is 5.60. The first kappa shape index (κ1) is 32.1. The van der Waals surface area contributed by atoms with Gasteiger partial charge < -0.3 is 14.5 Å². The summed E-state index contributed by atoms with van der Waals surface area (Å²) < 4.78 is 6.50. The van der Waals surface area contributed by atoms with Crippen LogP contribution in [0, 0.1) is 11.8 Å². The third-order valence-electron chi connectivity index (χ3n) is 9.34. The van der Waals surface area contributed by atoms with E-state index < -0.39 is 0 Å². The number of piperidine rings is 2. The lowest BCUT2D eigenvalue weighted by Gasteiger charge is -2.39. The van der Waals surface area contributed by atoms with Gasteiger partial charge in [-0.2, -0.15) is 0 Å². The van der Waals surface area contributed by atoms with Crippen molar-refractivity contribution in [2.45, 2.75) is 162 Å². The van der Waals surface area contributed by atoms with Gasteiger partial charge in [0.05, 0.1) is 6.10 Å². The second kappa shape index (κ2) is 20.8. The zero-order valence-corrected chi connectivity index (χ0v) is 25.3. The van der Waals surface area contributed by atoms with Crippen molar-refractivity contribution in [2.24, 2.45) is 11.8 Å². The highest BCUT2D eigenvalue weighted by molar-refractivity contribution is 4.80. The molecule has 0 spiro atoms. The van der Waals surface area contributed by atoms with Gasteiger partial charge in [-0.1, -0.05) is 105 Å². The Hall–Kier alpha value is -0.120. The lowest BCUT2D eigenvalue weighted by molar-refractivity contribution is -0.0242. The fourth-order valence-electron chi connectivity index (χ4n) is 6.69. The van der Waals surface area contributed by atoms with Crippen LogP contribution in [-0.2, 0) is 4.74 Å². The van der Waals surface area contributed by atoms with Crippen LogP contribution in [0.25, 0.3) is 0 Å². The maximum atomic E-state index is 6.50. The third-order valence-corrected chi connectivity index (χ3v) is 9.34. The van der Waals surface area contributed by atoms with Gasteiger partial charge in [0.1, 0.15) is 0 Å². The SMILES string of the molecule is CCCCCCCC(CCCCCCC)N1CCC(COC2CCN(CC(CC)CCC)CC2)CC1. The predicted octanol–water partition coefficient (Wildman–Crippen LogP) is 9.10. The molecule has 2 heterocycles. The normalized spacial score (nSPS) is 19.9. The van der Waals surface area contributed by atoms with E-state index in [1.54, 1.807) is 0 Å². The van der Waals surface area contributed by atoms with E-state index in [4.69, 9.17) is 4.74 Å². The fraction of sp³-hybridized carbons (Fsp3) is 1.00. The number of unbranched alkanes of at least 4 members (excludes halogenated alkanes) is 8. The van der Waals surface area contributed by atoms with E-state index in [2.05, 4.69) is 37.5 Å². The average Bonchev–Trinajstić information content (AvgIpc) is 2.91. The largest absolute Gasteiger partial charge is 0.378 e. The maximum Gasteiger partial charge on any atom is 0.0599 e. The van der Waals surface area contributed by atoms with Crippen molar-refractivity contribution < 1.29 is 4.74 Å². The van der Waals surface area contributed by atoms with Crippen LogP contribution in [0.4, 0.5) is 0 Å². The topological polar surface area (TPSA) is 15.7 Å². The molecule has 214 valence electrons. The van der Waals surface area contributed by atoms with Gasteiger partial charge in [-0.3, -0.25) is 0 Å². The summed E-state index contributed by atoms with van der Waals surface area (Å²) in [5, 5.41) is 0. The molecule has 2 fully saturated rings. The maximum absolute atomic E-state index is 6.50. The molecule has 3 heteroatoms. The van der Waals surface area contributed by atoms with Crippen molar-refractivity contribution in [3.05, 3.63) is 0 Å². The minimum atomic E-state index is 0.518. The van der Waals surface area contributed by atoms with E-state index in [1.165, 1.54) is 155 Å². The zero-order chi connectivity index (χ0) is 25.8. The number of likely N-dealkylation sites (tertiary alicyclic amines) is 2. The molecular formula is C33H66N2O. The molecule has 0 saturated carbocycles. The molecule has 0 N–H and O–H groups in total. The Kier molecular flexibility index (Phi) is 18.5. The Morgan fingerprint density at radius 1 is 0.639 bits per heavy atom. The molecule has 0 aliphatic carbocycles. The summed E-state index contributed by atoms with van der Waals surface area (Å²) in [6.45, 7) is 16.8. The number of hydrogen-bond acceptors (Lipinski definition) is 3. The van der Waals surface area contributed by atoms with Crippen LogP contribution in [-0.4, -0.2) is 61.3 Å². The first-order chi connectivity index (χ1) is 17.7. The molecule has 0 aromatic carbocycles. The first-order valence-electron chi connectivity index (χ1n) is 16.8. The minimum absolute atomic E-state index is 0.518. The van der Waals surface area contributed by atoms with E-state index in [-0.39, 0.29) is 0 Å². The molecule has 2 aliphatic heterocycles.